The van der Waals surface area contributed by atoms with E-state index in [-0.39, 0.29) is 12.5 Å². The van der Waals surface area contributed by atoms with E-state index in [9.17, 15) is 5.11 Å². The van der Waals surface area contributed by atoms with Gasteiger partial charge in [0, 0.05) is 23.7 Å². The van der Waals surface area contributed by atoms with E-state index in [1.165, 1.54) is 0 Å². The topological polar surface area (TPSA) is 66.4 Å². The Hall–Kier alpha value is -2.60. The molecule has 1 unspecified atom stereocenters. The molecular weight excluding hydrogens is 384 g/mol. The SMILES string of the molecule is COc1ccc2c(c1CCCCO)OCCCC2c1cc(OC)c(OC)c(OC)c1. The van der Waals surface area contributed by atoms with Gasteiger partial charge in [0.25, 0.3) is 0 Å². The fourth-order valence-electron chi connectivity index (χ4n) is 4.18. The lowest BCUT2D eigenvalue weighted by molar-refractivity contribution is 0.282. The summed E-state index contributed by atoms with van der Waals surface area (Å²) in [5.41, 5.74) is 3.31. The molecule has 30 heavy (non-hydrogen) atoms. The van der Waals surface area contributed by atoms with E-state index in [0.29, 0.717) is 23.9 Å². The second-order valence-electron chi connectivity index (χ2n) is 7.35. The van der Waals surface area contributed by atoms with E-state index in [4.69, 9.17) is 23.7 Å². The van der Waals surface area contributed by atoms with Gasteiger partial charge >= 0.3 is 0 Å². The van der Waals surface area contributed by atoms with Crippen LogP contribution in [0.15, 0.2) is 24.3 Å². The van der Waals surface area contributed by atoms with Crippen molar-refractivity contribution in [2.24, 2.45) is 0 Å². The van der Waals surface area contributed by atoms with Gasteiger partial charge in [-0.1, -0.05) is 6.07 Å². The standard InChI is InChI=1S/C24H32O6/c1-26-20-11-10-18-17(9-7-13-30-23(18)19(20)8-5-6-12-25)16-14-21(27-2)24(29-4)22(15-16)28-3/h10-11,14-15,17,25H,5-9,12-13H2,1-4H3. The number of benzene rings is 2. The van der Waals surface area contributed by atoms with Crippen molar-refractivity contribution >= 4 is 0 Å². The van der Waals surface area contributed by atoms with Gasteiger partial charge in [-0.05, 0) is 55.9 Å². The fraction of sp³-hybridized carbons (Fsp3) is 0.500. The number of ether oxygens (including phenoxy) is 5. The minimum absolute atomic E-state index is 0.138. The summed E-state index contributed by atoms with van der Waals surface area (Å²) in [6, 6.07) is 8.17. The molecule has 0 spiro atoms. The molecular formula is C24H32O6. The maximum atomic E-state index is 9.19. The van der Waals surface area contributed by atoms with Crippen LogP contribution in [0.3, 0.4) is 0 Å². The lowest BCUT2D eigenvalue weighted by Crippen LogP contribution is -2.06. The summed E-state index contributed by atoms with van der Waals surface area (Å²) >= 11 is 0. The number of fused-ring (bicyclic) bond motifs is 1. The van der Waals surface area contributed by atoms with Crippen molar-refractivity contribution in [3.63, 3.8) is 0 Å². The van der Waals surface area contributed by atoms with Crippen LogP contribution in [-0.4, -0.2) is 46.8 Å². The molecule has 0 saturated heterocycles. The van der Waals surface area contributed by atoms with Crippen LogP contribution >= 0.6 is 0 Å². The summed E-state index contributed by atoms with van der Waals surface area (Å²) in [6.07, 6.45) is 4.32. The first-order valence-electron chi connectivity index (χ1n) is 10.4. The zero-order chi connectivity index (χ0) is 21.5. The maximum Gasteiger partial charge on any atom is 0.203 e. The number of rotatable bonds is 9. The molecule has 0 bridgehead atoms. The van der Waals surface area contributed by atoms with E-state index in [1.807, 2.05) is 18.2 Å². The zero-order valence-corrected chi connectivity index (χ0v) is 18.3. The van der Waals surface area contributed by atoms with Gasteiger partial charge in [0.05, 0.1) is 35.0 Å². The van der Waals surface area contributed by atoms with Crippen LogP contribution in [0.25, 0.3) is 0 Å². The summed E-state index contributed by atoms with van der Waals surface area (Å²) < 4.78 is 28.5. The van der Waals surface area contributed by atoms with Crippen molar-refractivity contribution in [1.29, 1.82) is 0 Å². The van der Waals surface area contributed by atoms with Crippen LogP contribution in [0.1, 0.15) is 48.3 Å². The Morgan fingerprint density at radius 2 is 1.63 bits per heavy atom. The summed E-state index contributed by atoms with van der Waals surface area (Å²) in [4.78, 5) is 0. The number of hydrogen-bond acceptors (Lipinski definition) is 6. The van der Waals surface area contributed by atoms with Crippen molar-refractivity contribution in [3.05, 3.63) is 41.0 Å². The average Bonchev–Trinajstić information content (AvgIpc) is 3.00. The molecule has 1 heterocycles. The van der Waals surface area contributed by atoms with Crippen molar-refractivity contribution in [3.8, 4) is 28.7 Å². The van der Waals surface area contributed by atoms with E-state index < -0.39 is 0 Å². The number of aliphatic hydroxyl groups is 1. The van der Waals surface area contributed by atoms with Gasteiger partial charge in [-0.2, -0.15) is 0 Å². The summed E-state index contributed by atoms with van der Waals surface area (Å²) in [5.74, 6) is 3.76. The van der Waals surface area contributed by atoms with Crippen LogP contribution in [0.2, 0.25) is 0 Å². The third-order valence-corrected chi connectivity index (χ3v) is 5.65. The van der Waals surface area contributed by atoms with Gasteiger partial charge in [0.15, 0.2) is 11.5 Å². The lowest BCUT2D eigenvalue weighted by atomic mass is 9.85. The molecule has 0 radical (unpaired) electrons. The number of unbranched alkanes of at least 4 members (excludes halogenated alkanes) is 1. The predicted octanol–water partition coefficient (Wildman–Crippen LogP) is 4.34. The summed E-state index contributed by atoms with van der Waals surface area (Å²) in [6.45, 7) is 0.848. The number of aliphatic hydroxyl groups excluding tert-OH is 1. The molecule has 6 heteroatoms. The Morgan fingerprint density at radius 1 is 0.933 bits per heavy atom. The van der Waals surface area contributed by atoms with Crippen molar-refractivity contribution in [2.75, 3.05) is 41.7 Å². The first kappa shape index (κ1) is 22.1. The molecule has 0 saturated carbocycles. The van der Waals surface area contributed by atoms with Crippen LogP contribution in [0.5, 0.6) is 28.7 Å². The highest BCUT2D eigenvalue weighted by molar-refractivity contribution is 5.58. The molecule has 1 aliphatic heterocycles. The van der Waals surface area contributed by atoms with Gasteiger partial charge in [-0.3, -0.25) is 0 Å². The Kier molecular flexibility index (Phi) is 7.69. The smallest absolute Gasteiger partial charge is 0.203 e. The lowest BCUT2D eigenvalue weighted by Gasteiger charge is -2.23. The molecule has 0 aliphatic carbocycles. The summed E-state index contributed by atoms with van der Waals surface area (Å²) in [7, 11) is 6.56. The highest BCUT2D eigenvalue weighted by atomic mass is 16.5. The normalized spacial score (nSPS) is 15.6. The molecule has 0 fully saturated rings. The summed E-state index contributed by atoms with van der Waals surface area (Å²) in [5, 5.41) is 9.19. The van der Waals surface area contributed by atoms with Crippen LogP contribution in [-0.2, 0) is 6.42 Å². The molecule has 2 aromatic rings. The minimum atomic E-state index is 0.138. The minimum Gasteiger partial charge on any atom is -0.496 e. The van der Waals surface area contributed by atoms with Gasteiger partial charge in [-0.15, -0.1) is 0 Å². The molecule has 0 aromatic heterocycles. The first-order chi connectivity index (χ1) is 14.7. The van der Waals surface area contributed by atoms with Gasteiger partial charge in [0.2, 0.25) is 5.75 Å². The molecule has 1 atom stereocenters. The number of methoxy groups -OCH3 is 4. The van der Waals surface area contributed by atoms with Gasteiger partial charge < -0.3 is 28.8 Å². The Morgan fingerprint density at radius 3 is 2.23 bits per heavy atom. The highest BCUT2D eigenvalue weighted by Crippen LogP contribution is 2.47. The van der Waals surface area contributed by atoms with E-state index in [1.54, 1.807) is 28.4 Å². The van der Waals surface area contributed by atoms with Crippen LogP contribution < -0.4 is 23.7 Å². The van der Waals surface area contributed by atoms with Gasteiger partial charge in [-0.25, -0.2) is 0 Å². The molecule has 0 amide bonds. The van der Waals surface area contributed by atoms with Gasteiger partial charge in [0.1, 0.15) is 11.5 Å². The third kappa shape index (κ3) is 4.43. The highest BCUT2D eigenvalue weighted by Gasteiger charge is 2.27. The van der Waals surface area contributed by atoms with Crippen molar-refractivity contribution < 1.29 is 28.8 Å². The quantitative estimate of drug-likeness (QED) is 0.614. The number of hydrogen-bond donors (Lipinski definition) is 1. The molecule has 164 valence electrons. The molecule has 3 rings (SSSR count). The largest absolute Gasteiger partial charge is 0.496 e. The predicted molar refractivity (Wildman–Crippen MR) is 116 cm³/mol. The molecule has 1 N–H and O–H groups in total. The Bertz CT molecular complexity index is 823. The first-order valence-corrected chi connectivity index (χ1v) is 10.4. The molecule has 6 nitrogen and oxygen atoms in total. The maximum absolute atomic E-state index is 9.19. The molecule has 2 aromatic carbocycles. The van der Waals surface area contributed by atoms with Crippen molar-refractivity contribution in [2.45, 2.75) is 38.0 Å². The van der Waals surface area contributed by atoms with E-state index in [2.05, 4.69) is 6.07 Å². The van der Waals surface area contributed by atoms with Crippen LogP contribution in [0, 0.1) is 0 Å². The monoisotopic (exact) mass is 416 g/mol. The van der Waals surface area contributed by atoms with E-state index >= 15 is 0 Å². The second-order valence-corrected chi connectivity index (χ2v) is 7.35. The Labute approximate surface area is 178 Å². The second kappa shape index (κ2) is 10.4. The zero-order valence-electron chi connectivity index (χ0n) is 18.3. The third-order valence-electron chi connectivity index (χ3n) is 5.65. The van der Waals surface area contributed by atoms with E-state index in [0.717, 1.165) is 60.3 Å². The van der Waals surface area contributed by atoms with Crippen molar-refractivity contribution in [1.82, 2.24) is 0 Å². The molecule has 1 aliphatic rings. The fourth-order valence-corrected chi connectivity index (χ4v) is 4.18. The Balaban J connectivity index is 2.10. The average molecular weight is 417 g/mol. The van der Waals surface area contributed by atoms with Crippen LogP contribution in [0.4, 0.5) is 0 Å².